The van der Waals surface area contributed by atoms with Crippen LogP contribution in [0.15, 0.2) is 59.5 Å². The van der Waals surface area contributed by atoms with Gasteiger partial charge in [0.1, 0.15) is 0 Å². The van der Waals surface area contributed by atoms with Crippen molar-refractivity contribution < 1.29 is 31.9 Å². The third-order valence-electron chi connectivity index (χ3n) is 3.36. The number of ether oxygens (including phenoxy) is 1. The van der Waals surface area contributed by atoms with Gasteiger partial charge in [0.05, 0.1) is 16.4 Å². The van der Waals surface area contributed by atoms with Gasteiger partial charge in [-0.3, -0.25) is 14.9 Å². The van der Waals surface area contributed by atoms with Gasteiger partial charge in [-0.25, -0.2) is 8.98 Å². The van der Waals surface area contributed by atoms with E-state index in [0.717, 1.165) is 24.3 Å². The van der Waals surface area contributed by atoms with Crippen LogP contribution in [0.3, 0.4) is 0 Å². The zero-order valence-corrected chi connectivity index (χ0v) is 14.9. The fraction of sp³-hybridized carbons (Fsp3) is 0.176. The van der Waals surface area contributed by atoms with Gasteiger partial charge >= 0.3 is 5.97 Å². The summed E-state index contributed by atoms with van der Waals surface area (Å²) in [7, 11) is -4.56. The molecule has 142 valence electrons. The van der Waals surface area contributed by atoms with Crippen molar-refractivity contribution in [3.05, 3.63) is 70.3 Å². The van der Waals surface area contributed by atoms with E-state index in [0.29, 0.717) is 0 Å². The number of carbonyl (C=O) groups excluding carboxylic acids is 2. The fourth-order valence-electron chi connectivity index (χ4n) is 2.08. The third kappa shape index (κ3) is 4.96. The van der Waals surface area contributed by atoms with Gasteiger partial charge in [-0.05, 0) is 19.1 Å². The molecule has 10 heteroatoms. The van der Waals surface area contributed by atoms with E-state index in [1.165, 1.54) is 19.1 Å². The highest BCUT2D eigenvalue weighted by Crippen LogP contribution is 2.20. The Morgan fingerprint density at radius 1 is 1.07 bits per heavy atom. The van der Waals surface area contributed by atoms with Gasteiger partial charge in [0.2, 0.25) is 11.9 Å². The minimum absolute atomic E-state index is 0.0643. The second kappa shape index (κ2) is 8.52. The molecule has 9 nitrogen and oxygen atoms in total. The Kier molecular flexibility index (Phi) is 6.37. The first-order chi connectivity index (χ1) is 12.8. The van der Waals surface area contributed by atoms with Crippen LogP contribution >= 0.6 is 0 Å². The van der Waals surface area contributed by atoms with Crippen LogP contribution in [0.5, 0.6) is 0 Å². The third-order valence-corrected chi connectivity index (χ3v) is 4.65. The van der Waals surface area contributed by atoms with Gasteiger partial charge in [0.15, 0.2) is 0 Å². The Morgan fingerprint density at radius 2 is 1.67 bits per heavy atom. The van der Waals surface area contributed by atoms with E-state index in [-0.39, 0.29) is 17.9 Å². The van der Waals surface area contributed by atoms with Gasteiger partial charge in [-0.1, -0.05) is 30.3 Å². The van der Waals surface area contributed by atoms with Crippen LogP contribution in [-0.4, -0.2) is 37.8 Å². The summed E-state index contributed by atoms with van der Waals surface area (Å²) >= 11 is 0. The molecule has 0 N–H and O–H groups in total. The number of nitro groups is 1. The number of nitro benzene ring substituents is 1. The van der Waals surface area contributed by atoms with Crippen LogP contribution in [0.25, 0.3) is 0 Å². The molecule has 1 atom stereocenters. The van der Waals surface area contributed by atoms with Gasteiger partial charge in [0.25, 0.3) is 15.8 Å². The Labute approximate surface area is 154 Å². The lowest BCUT2D eigenvalue weighted by Crippen LogP contribution is -2.36. The molecule has 0 heterocycles. The molecule has 27 heavy (non-hydrogen) atoms. The lowest BCUT2D eigenvalue weighted by molar-refractivity contribution is -0.384. The number of hydrogen-bond acceptors (Lipinski definition) is 8. The number of nitrogens with zero attached hydrogens (tertiary/aromatic N) is 1. The molecule has 2 rings (SSSR count). The first kappa shape index (κ1) is 20.2. The molecule has 1 unspecified atom stereocenters. The molecule has 0 saturated carbocycles. The van der Waals surface area contributed by atoms with Crippen LogP contribution in [0.2, 0.25) is 0 Å². The number of esters is 1. The SMILES string of the molecule is CCOC(=O)C(OS(=O)(=O)c1ccc([N+](=O)[O-])cc1)C(=O)c1ccccc1. The van der Waals surface area contributed by atoms with Crippen molar-refractivity contribution in [1.29, 1.82) is 0 Å². The van der Waals surface area contributed by atoms with Crippen molar-refractivity contribution >= 4 is 27.6 Å². The maximum Gasteiger partial charge on any atom is 0.345 e. The smallest absolute Gasteiger partial charge is 0.345 e. The molecule has 2 aromatic carbocycles. The molecule has 0 amide bonds. The number of benzene rings is 2. The van der Waals surface area contributed by atoms with Crippen molar-refractivity contribution in [3.63, 3.8) is 0 Å². The highest BCUT2D eigenvalue weighted by Gasteiger charge is 2.35. The summed E-state index contributed by atoms with van der Waals surface area (Å²) in [6.07, 6.45) is -2.03. The minimum atomic E-state index is -4.56. The van der Waals surface area contributed by atoms with Gasteiger partial charge < -0.3 is 4.74 Å². The zero-order valence-electron chi connectivity index (χ0n) is 14.1. The quantitative estimate of drug-likeness (QED) is 0.166. The summed E-state index contributed by atoms with van der Waals surface area (Å²) in [5, 5.41) is 10.7. The Balaban J connectivity index is 2.34. The van der Waals surface area contributed by atoms with Crippen LogP contribution in [0.4, 0.5) is 5.69 Å². The standard InChI is InChI=1S/C17H15NO8S/c1-2-25-17(20)16(15(19)12-6-4-3-5-7-12)26-27(23,24)14-10-8-13(9-11-14)18(21)22/h3-11,16H,2H2,1H3. The monoisotopic (exact) mass is 393 g/mol. The lowest BCUT2D eigenvalue weighted by atomic mass is 10.1. The number of non-ortho nitro benzene ring substituents is 1. The van der Waals surface area contributed by atoms with Gasteiger partial charge in [-0.2, -0.15) is 8.42 Å². The van der Waals surface area contributed by atoms with E-state index in [1.807, 2.05) is 0 Å². The Hall–Kier alpha value is -3.11. The molecule has 0 aliphatic heterocycles. The molecule has 0 aromatic heterocycles. The van der Waals surface area contributed by atoms with Crippen molar-refractivity contribution in [1.82, 2.24) is 0 Å². The summed E-state index contributed by atoms with van der Waals surface area (Å²) in [6, 6.07) is 11.4. The van der Waals surface area contributed by atoms with E-state index < -0.39 is 37.8 Å². The number of ketones is 1. The van der Waals surface area contributed by atoms with E-state index in [2.05, 4.69) is 0 Å². The van der Waals surface area contributed by atoms with Gasteiger partial charge in [-0.15, -0.1) is 0 Å². The number of carbonyl (C=O) groups is 2. The number of Topliss-reactive ketones (excluding diaryl/α,β-unsaturated/α-hetero) is 1. The van der Waals surface area contributed by atoms with Crippen LogP contribution in [-0.2, 0) is 23.8 Å². The predicted octanol–water partition coefficient (Wildman–Crippen LogP) is 2.11. The second-order valence-corrected chi connectivity index (χ2v) is 6.74. The molecular formula is C17H15NO8S. The summed E-state index contributed by atoms with van der Waals surface area (Å²) in [6.45, 7) is 1.41. The molecule has 0 radical (unpaired) electrons. The van der Waals surface area contributed by atoms with Gasteiger partial charge in [0, 0.05) is 17.7 Å². The van der Waals surface area contributed by atoms with Crippen LogP contribution < -0.4 is 0 Å². The maximum atomic E-state index is 12.5. The van der Waals surface area contributed by atoms with Crippen molar-refractivity contribution in [2.75, 3.05) is 6.61 Å². The summed E-state index contributed by atoms with van der Waals surface area (Å²) < 4.78 is 34.4. The Bertz CT molecular complexity index is 939. The topological polar surface area (TPSA) is 130 Å². The lowest BCUT2D eigenvalue weighted by Gasteiger charge is -2.15. The predicted molar refractivity (Wildman–Crippen MR) is 92.6 cm³/mol. The average molecular weight is 393 g/mol. The van der Waals surface area contributed by atoms with E-state index in [1.54, 1.807) is 18.2 Å². The van der Waals surface area contributed by atoms with Crippen LogP contribution in [0, 0.1) is 10.1 Å². The normalized spacial score (nSPS) is 12.2. The summed E-state index contributed by atoms with van der Waals surface area (Å²) in [5.41, 5.74) is -0.259. The summed E-state index contributed by atoms with van der Waals surface area (Å²) in [5.74, 6) is -2.05. The van der Waals surface area contributed by atoms with E-state index in [4.69, 9.17) is 8.92 Å². The second-order valence-electron chi connectivity index (χ2n) is 5.16. The molecule has 0 aliphatic carbocycles. The average Bonchev–Trinajstić information content (AvgIpc) is 2.66. The molecule has 0 fully saturated rings. The first-order valence-electron chi connectivity index (χ1n) is 7.70. The minimum Gasteiger partial charge on any atom is -0.464 e. The molecule has 0 aliphatic rings. The molecule has 0 bridgehead atoms. The van der Waals surface area contributed by atoms with E-state index >= 15 is 0 Å². The maximum absolute atomic E-state index is 12.5. The largest absolute Gasteiger partial charge is 0.464 e. The fourth-order valence-corrected chi connectivity index (χ4v) is 3.08. The molecular weight excluding hydrogens is 378 g/mol. The number of hydrogen-bond donors (Lipinski definition) is 0. The first-order valence-corrected chi connectivity index (χ1v) is 9.10. The molecule has 0 spiro atoms. The number of rotatable bonds is 8. The highest BCUT2D eigenvalue weighted by atomic mass is 32.2. The molecule has 2 aromatic rings. The van der Waals surface area contributed by atoms with Crippen molar-refractivity contribution in [2.45, 2.75) is 17.9 Å². The zero-order chi connectivity index (χ0) is 20.0. The Morgan fingerprint density at radius 3 is 2.19 bits per heavy atom. The highest BCUT2D eigenvalue weighted by molar-refractivity contribution is 7.86. The van der Waals surface area contributed by atoms with Crippen molar-refractivity contribution in [2.24, 2.45) is 0 Å². The van der Waals surface area contributed by atoms with Crippen LogP contribution in [0.1, 0.15) is 17.3 Å². The summed E-state index contributed by atoms with van der Waals surface area (Å²) in [4.78, 5) is 34.2. The van der Waals surface area contributed by atoms with E-state index in [9.17, 15) is 28.1 Å². The van der Waals surface area contributed by atoms with Crippen molar-refractivity contribution in [3.8, 4) is 0 Å². The molecule has 0 saturated heterocycles.